The highest BCUT2D eigenvalue weighted by atomic mass is 35.5. The van der Waals surface area contributed by atoms with Gasteiger partial charge in [0.05, 0.1) is 17.3 Å². The second-order valence-electron chi connectivity index (χ2n) is 3.76. The lowest BCUT2D eigenvalue weighted by Gasteiger charge is -2.13. The van der Waals surface area contributed by atoms with Gasteiger partial charge in [-0.25, -0.2) is 4.39 Å². The molecular formula is C10H10ClFN2O. The van der Waals surface area contributed by atoms with Crippen LogP contribution in [-0.4, -0.2) is 22.3 Å². The summed E-state index contributed by atoms with van der Waals surface area (Å²) in [7, 11) is 0. The predicted octanol–water partition coefficient (Wildman–Crippen LogP) is 1.72. The van der Waals surface area contributed by atoms with Crippen LogP contribution < -0.4 is 5.32 Å². The maximum Gasteiger partial charge on any atom is 0.253 e. The number of pyridine rings is 1. The van der Waals surface area contributed by atoms with Gasteiger partial charge < -0.3 is 5.32 Å². The van der Waals surface area contributed by atoms with Gasteiger partial charge in [0.15, 0.2) is 0 Å². The topological polar surface area (TPSA) is 42.0 Å². The molecule has 1 aromatic heterocycles. The van der Waals surface area contributed by atoms with E-state index in [9.17, 15) is 9.18 Å². The molecule has 0 unspecified atom stereocenters. The lowest BCUT2D eigenvalue weighted by Crippen LogP contribution is -2.38. The van der Waals surface area contributed by atoms with E-state index in [-0.39, 0.29) is 17.0 Å². The number of hydrogen-bond acceptors (Lipinski definition) is 2. The quantitative estimate of drug-likeness (QED) is 0.801. The molecule has 1 aliphatic carbocycles. The molecule has 0 saturated heterocycles. The van der Waals surface area contributed by atoms with Gasteiger partial charge in [0.1, 0.15) is 5.82 Å². The molecule has 2 rings (SSSR count). The molecule has 0 aliphatic heterocycles. The minimum absolute atomic E-state index is 0.228. The zero-order chi connectivity index (χ0) is 10.9. The third-order valence-electron chi connectivity index (χ3n) is 2.46. The highest BCUT2D eigenvalue weighted by molar-refractivity contribution is 6.19. The number of rotatable bonds is 3. The van der Waals surface area contributed by atoms with Gasteiger partial charge in [-0.2, -0.15) is 0 Å². The number of nitrogens with one attached hydrogen (secondary N) is 1. The summed E-state index contributed by atoms with van der Waals surface area (Å²) in [5, 5.41) is 2.78. The van der Waals surface area contributed by atoms with Crippen LogP contribution in [0.25, 0.3) is 0 Å². The van der Waals surface area contributed by atoms with Crippen molar-refractivity contribution in [3.05, 3.63) is 29.8 Å². The molecule has 1 aliphatic rings. The van der Waals surface area contributed by atoms with Gasteiger partial charge in [-0.3, -0.25) is 9.78 Å². The average molecular weight is 229 g/mol. The minimum Gasteiger partial charge on any atom is -0.345 e. The van der Waals surface area contributed by atoms with Gasteiger partial charge in [0.25, 0.3) is 5.91 Å². The van der Waals surface area contributed by atoms with E-state index in [0.29, 0.717) is 5.88 Å². The van der Waals surface area contributed by atoms with E-state index in [1.807, 2.05) is 0 Å². The number of aromatic nitrogens is 1. The van der Waals surface area contributed by atoms with Crippen molar-refractivity contribution in [1.29, 1.82) is 0 Å². The maximum absolute atomic E-state index is 12.8. The molecule has 1 heterocycles. The largest absolute Gasteiger partial charge is 0.345 e. The van der Waals surface area contributed by atoms with Crippen molar-refractivity contribution in [2.24, 2.45) is 0 Å². The molecule has 0 aromatic carbocycles. The van der Waals surface area contributed by atoms with Gasteiger partial charge in [-0.15, -0.1) is 11.6 Å². The number of hydrogen-bond donors (Lipinski definition) is 1. The molecule has 5 heteroatoms. The van der Waals surface area contributed by atoms with Crippen molar-refractivity contribution in [3.8, 4) is 0 Å². The van der Waals surface area contributed by atoms with Gasteiger partial charge in [0.2, 0.25) is 0 Å². The normalized spacial score (nSPS) is 17.2. The van der Waals surface area contributed by atoms with Gasteiger partial charge in [-0.05, 0) is 18.9 Å². The van der Waals surface area contributed by atoms with Crippen LogP contribution in [0.4, 0.5) is 4.39 Å². The first-order valence-corrected chi connectivity index (χ1v) is 5.18. The number of halogens is 2. The predicted molar refractivity (Wildman–Crippen MR) is 54.3 cm³/mol. The molecule has 0 atom stereocenters. The monoisotopic (exact) mass is 228 g/mol. The minimum atomic E-state index is -0.515. The molecule has 1 aromatic rings. The van der Waals surface area contributed by atoms with Crippen molar-refractivity contribution < 1.29 is 9.18 Å². The summed E-state index contributed by atoms with van der Waals surface area (Å²) in [6.45, 7) is 0. The molecule has 1 N–H and O–H groups in total. The van der Waals surface area contributed by atoms with E-state index in [2.05, 4.69) is 10.3 Å². The Morgan fingerprint density at radius 1 is 1.60 bits per heavy atom. The van der Waals surface area contributed by atoms with E-state index >= 15 is 0 Å². The van der Waals surface area contributed by atoms with Crippen molar-refractivity contribution in [2.45, 2.75) is 18.4 Å². The lowest BCUT2D eigenvalue weighted by molar-refractivity contribution is 0.0935. The average Bonchev–Trinajstić information content (AvgIpc) is 2.98. The fourth-order valence-electron chi connectivity index (χ4n) is 1.29. The molecule has 3 nitrogen and oxygen atoms in total. The Labute approximate surface area is 91.7 Å². The zero-order valence-corrected chi connectivity index (χ0v) is 8.72. The number of carbonyl (C=O) groups is 1. The molecule has 1 fully saturated rings. The van der Waals surface area contributed by atoms with E-state index < -0.39 is 5.82 Å². The van der Waals surface area contributed by atoms with Crippen LogP contribution in [0, 0.1) is 5.82 Å². The summed E-state index contributed by atoms with van der Waals surface area (Å²) in [4.78, 5) is 15.2. The first-order valence-electron chi connectivity index (χ1n) is 4.64. The van der Waals surface area contributed by atoms with Crippen LogP contribution >= 0.6 is 11.6 Å². The molecule has 0 spiro atoms. The smallest absolute Gasteiger partial charge is 0.253 e. The standard InChI is InChI=1S/C10H10ClFN2O/c11-6-10(1-2-10)14-9(15)7-3-8(12)5-13-4-7/h3-5H,1-2,6H2,(H,14,15). The number of carbonyl (C=O) groups excluding carboxylic acids is 1. The van der Waals surface area contributed by atoms with Crippen molar-refractivity contribution >= 4 is 17.5 Å². The van der Waals surface area contributed by atoms with E-state index in [1.165, 1.54) is 6.20 Å². The zero-order valence-electron chi connectivity index (χ0n) is 7.96. The van der Waals surface area contributed by atoms with Crippen molar-refractivity contribution in [2.75, 3.05) is 5.88 Å². The summed E-state index contributed by atoms with van der Waals surface area (Å²) < 4.78 is 12.8. The Balaban J connectivity index is 2.08. The van der Waals surface area contributed by atoms with Gasteiger partial charge in [-0.1, -0.05) is 0 Å². The van der Waals surface area contributed by atoms with Crippen LogP contribution in [0.1, 0.15) is 23.2 Å². The molecular weight excluding hydrogens is 219 g/mol. The highest BCUT2D eigenvalue weighted by Crippen LogP contribution is 2.36. The molecule has 0 radical (unpaired) electrons. The number of amides is 1. The Morgan fingerprint density at radius 3 is 2.87 bits per heavy atom. The Kier molecular flexibility index (Phi) is 2.61. The SMILES string of the molecule is O=C(NC1(CCl)CC1)c1cncc(F)c1. The van der Waals surface area contributed by atoms with Crippen LogP contribution in [-0.2, 0) is 0 Å². The lowest BCUT2D eigenvalue weighted by atomic mass is 10.2. The molecule has 15 heavy (non-hydrogen) atoms. The first-order chi connectivity index (χ1) is 7.15. The fourth-order valence-corrected chi connectivity index (χ4v) is 1.63. The van der Waals surface area contributed by atoms with Crippen molar-refractivity contribution in [3.63, 3.8) is 0 Å². The van der Waals surface area contributed by atoms with E-state index in [1.54, 1.807) is 0 Å². The molecule has 1 saturated carbocycles. The fraction of sp³-hybridized carbons (Fsp3) is 0.400. The second kappa shape index (κ2) is 3.77. The van der Waals surface area contributed by atoms with Gasteiger partial charge in [0, 0.05) is 12.1 Å². The van der Waals surface area contributed by atoms with Crippen LogP contribution in [0.15, 0.2) is 18.5 Å². The van der Waals surface area contributed by atoms with Gasteiger partial charge >= 0.3 is 0 Å². The third-order valence-corrected chi connectivity index (χ3v) is 2.97. The summed E-state index contributed by atoms with van der Waals surface area (Å²) in [5.41, 5.74) is -0.0447. The van der Waals surface area contributed by atoms with Crippen LogP contribution in [0.2, 0.25) is 0 Å². The maximum atomic E-state index is 12.8. The first kappa shape index (κ1) is 10.4. The Hall–Kier alpha value is -1.16. The number of alkyl halides is 1. The molecule has 0 bridgehead atoms. The summed E-state index contributed by atoms with van der Waals surface area (Å²) in [6, 6.07) is 1.16. The van der Waals surface area contributed by atoms with Crippen LogP contribution in [0.5, 0.6) is 0 Å². The summed E-state index contributed by atoms with van der Waals surface area (Å²) >= 11 is 5.71. The number of nitrogens with zero attached hydrogens (tertiary/aromatic N) is 1. The Bertz CT molecular complexity index is 393. The summed E-state index contributed by atoms with van der Waals surface area (Å²) in [5.74, 6) is -0.444. The highest BCUT2D eigenvalue weighted by Gasteiger charge is 2.43. The van der Waals surface area contributed by atoms with Crippen LogP contribution in [0.3, 0.4) is 0 Å². The third kappa shape index (κ3) is 2.26. The van der Waals surface area contributed by atoms with E-state index in [0.717, 1.165) is 25.1 Å². The van der Waals surface area contributed by atoms with Crippen molar-refractivity contribution in [1.82, 2.24) is 10.3 Å². The summed E-state index contributed by atoms with van der Waals surface area (Å²) in [6.07, 6.45) is 4.16. The van der Waals surface area contributed by atoms with E-state index in [4.69, 9.17) is 11.6 Å². The molecule has 80 valence electrons. The molecule has 1 amide bonds. The second-order valence-corrected chi connectivity index (χ2v) is 4.03. The Morgan fingerprint density at radius 2 is 2.33 bits per heavy atom.